The van der Waals surface area contributed by atoms with Crippen LogP contribution in [0.5, 0.6) is 0 Å². The zero-order valence-electron chi connectivity index (χ0n) is 12.7. The molecule has 128 valence electrons. The van der Waals surface area contributed by atoms with Gasteiger partial charge in [0.1, 0.15) is 0 Å². The molecule has 2 rings (SSSR count). The van der Waals surface area contributed by atoms with Crippen molar-refractivity contribution in [3.05, 3.63) is 0 Å². The van der Waals surface area contributed by atoms with Crippen LogP contribution in [0.15, 0.2) is 0 Å². The number of aliphatic carboxylic acids is 2. The van der Waals surface area contributed by atoms with E-state index in [1.54, 1.807) is 0 Å². The van der Waals surface area contributed by atoms with Gasteiger partial charge in [0.05, 0.1) is 20.6 Å². The van der Waals surface area contributed by atoms with Gasteiger partial charge in [0, 0.05) is 9.65 Å². The first-order chi connectivity index (χ1) is 10.1. The fourth-order valence-corrected chi connectivity index (χ4v) is 5.14. The molecule has 0 heterocycles. The molecule has 2 saturated carbocycles. The van der Waals surface area contributed by atoms with Gasteiger partial charge in [0.15, 0.2) is 0 Å². The number of halogens is 4. The zero-order chi connectivity index (χ0) is 17.0. The second-order valence-corrected chi connectivity index (χ2v) is 10.8. The van der Waals surface area contributed by atoms with Crippen molar-refractivity contribution >= 4 is 75.7 Å². The first kappa shape index (κ1) is 24.8. The molecule has 0 saturated heterocycles. The van der Waals surface area contributed by atoms with E-state index in [1.165, 1.54) is 0 Å². The number of carboxylic acids is 2. The maximum Gasteiger partial charge on any atom is 2.00 e. The summed E-state index contributed by atoms with van der Waals surface area (Å²) < 4.78 is -1.66. The van der Waals surface area contributed by atoms with Crippen LogP contribution in [0.2, 0.25) is 0 Å². The normalized spacial score (nSPS) is 36.9. The molecule has 9 heteroatoms. The van der Waals surface area contributed by atoms with Crippen LogP contribution in [0.25, 0.3) is 0 Å². The minimum absolute atomic E-state index is 0. The van der Waals surface area contributed by atoms with Crippen LogP contribution < -0.4 is 10.2 Å². The van der Waals surface area contributed by atoms with Gasteiger partial charge in [0.2, 0.25) is 0 Å². The maximum absolute atomic E-state index is 10.7. The van der Waals surface area contributed by atoms with Crippen molar-refractivity contribution in [2.45, 2.75) is 69.7 Å². The molecule has 0 aromatic heterocycles. The Bertz CT molecular complexity index is 388. The largest absolute Gasteiger partial charge is 2.00 e. The molecular weight excluding hydrogens is 664 g/mol. The van der Waals surface area contributed by atoms with Crippen LogP contribution in [0, 0.1) is 0 Å². The van der Waals surface area contributed by atoms with Crippen LogP contribution in [-0.4, -0.2) is 30.2 Å². The van der Waals surface area contributed by atoms with E-state index in [-0.39, 0.29) is 37.0 Å². The van der Waals surface area contributed by atoms with Crippen LogP contribution >= 0.6 is 63.7 Å². The Morgan fingerprint density at radius 3 is 1.26 bits per heavy atom. The molecule has 0 N–H and O–H groups in total. The molecule has 0 bridgehead atoms. The third-order valence-electron chi connectivity index (χ3n) is 4.17. The van der Waals surface area contributed by atoms with Gasteiger partial charge < -0.3 is 19.8 Å². The van der Waals surface area contributed by atoms with E-state index in [0.29, 0.717) is 12.8 Å². The monoisotopic (exact) mass is 680 g/mol. The van der Waals surface area contributed by atoms with Crippen molar-refractivity contribution in [3.8, 4) is 0 Å². The number of hydrogen-bond donors (Lipinski definition) is 0. The molecule has 2 aliphatic rings. The average molecular weight is 682 g/mol. The molecular formula is C14H18Br4CdO4. The van der Waals surface area contributed by atoms with Crippen molar-refractivity contribution < 1.29 is 47.1 Å². The number of carboxylic acid groups (broad SMARTS) is 2. The van der Waals surface area contributed by atoms with Crippen LogP contribution in [0.1, 0.15) is 51.4 Å². The molecule has 0 radical (unpaired) electrons. The fraction of sp³-hybridized carbons (Fsp3) is 0.857. The molecule has 0 aromatic rings. The number of carbonyl (C=O) groups is 2. The Labute approximate surface area is 190 Å². The molecule has 23 heavy (non-hydrogen) atoms. The van der Waals surface area contributed by atoms with Gasteiger partial charge in [-0.2, -0.15) is 0 Å². The minimum Gasteiger partial charge on any atom is -0.549 e. The van der Waals surface area contributed by atoms with Gasteiger partial charge in [-0.3, -0.25) is 0 Å². The third kappa shape index (κ3) is 6.46. The Balaban J connectivity index is 0.000000403. The Morgan fingerprint density at radius 2 is 1.09 bits per heavy atom. The van der Waals surface area contributed by atoms with Crippen molar-refractivity contribution in [2.75, 3.05) is 0 Å². The second-order valence-electron chi connectivity index (χ2n) is 5.73. The zero-order valence-corrected chi connectivity index (χ0v) is 23.0. The van der Waals surface area contributed by atoms with Crippen LogP contribution in [-0.2, 0) is 36.9 Å². The summed E-state index contributed by atoms with van der Waals surface area (Å²) in [5.41, 5.74) is 0. The molecule has 0 amide bonds. The summed E-state index contributed by atoms with van der Waals surface area (Å²) >= 11 is 13.1. The average Bonchev–Trinajstić information content (AvgIpc) is 2.46. The maximum atomic E-state index is 10.7. The van der Waals surface area contributed by atoms with Gasteiger partial charge in [-0.05, 0) is 25.7 Å². The molecule has 0 aliphatic heterocycles. The molecule has 2 aliphatic carbocycles. The SMILES string of the molecule is O=C([O-])C1(Br)CCCCC1Br.O=C([O-])C1(Br)CCCCC1Br.[Cd+2]. The van der Waals surface area contributed by atoms with Crippen molar-refractivity contribution in [1.29, 1.82) is 0 Å². The summed E-state index contributed by atoms with van der Waals surface area (Å²) in [6.45, 7) is 0. The van der Waals surface area contributed by atoms with Gasteiger partial charge in [-0.1, -0.05) is 89.4 Å². The number of rotatable bonds is 2. The van der Waals surface area contributed by atoms with Crippen LogP contribution in [0.3, 0.4) is 0 Å². The fourth-order valence-electron chi connectivity index (χ4n) is 2.64. The molecule has 2 fully saturated rings. The number of alkyl halides is 4. The molecule has 4 nitrogen and oxygen atoms in total. The molecule has 4 atom stereocenters. The Morgan fingerprint density at radius 1 is 0.783 bits per heavy atom. The van der Waals surface area contributed by atoms with Crippen molar-refractivity contribution in [3.63, 3.8) is 0 Å². The van der Waals surface area contributed by atoms with E-state index in [9.17, 15) is 19.8 Å². The summed E-state index contributed by atoms with van der Waals surface area (Å²) in [5, 5.41) is 21.4. The van der Waals surface area contributed by atoms with E-state index in [4.69, 9.17) is 0 Å². The van der Waals surface area contributed by atoms with E-state index in [1.807, 2.05) is 0 Å². The molecule has 0 spiro atoms. The van der Waals surface area contributed by atoms with E-state index >= 15 is 0 Å². The summed E-state index contributed by atoms with van der Waals surface area (Å²) in [6.07, 6.45) is 7.23. The van der Waals surface area contributed by atoms with E-state index < -0.39 is 20.6 Å². The van der Waals surface area contributed by atoms with E-state index in [0.717, 1.165) is 38.5 Å². The number of carbonyl (C=O) groups excluding carboxylic acids is 2. The second kappa shape index (κ2) is 10.8. The quantitative estimate of drug-likeness (QED) is 0.332. The predicted molar refractivity (Wildman–Crippen MR) is 95.7 cm³/mol. The Hall–Kier alpha value is 1.78. The van der Waals surface area contributed by atoms with Gasteiger partial charge in [-0.25, -0.2) is 0 Å². The standard InChI is InChI=1S/2C7H10Br2O2.Cd/c2*8-5-3-1-2-4-7(5,9)6(10)11;/h2*5H,1-4H2,(H,10,11);/q;;+2/p-2. The topological polar surface area (TPSA) is 80.3 Å². The molecule has 0 aromatic carbocycles. The molecule has 4 unspecified atom stereocenters. The Kier molecular flexibility index (Phi) is 11.7. The summed E-state index contributed by atoms with van der Waals surface area (Å²) in [7, 11) is 0. The third-order valence-corrected chi connectivity index (χ3v) is 10.4. The number of hydrogen-bond acceptors (Lipinski definition) is 4. The first-order valence-electron chi connectivity index (χ1n) is 7.23. The van der Waals surface area contributed by atoms with Crippen LogP contribution in [0.4, 0.5) is 0 Å². The summed E-state index contributed by atoms with van der Waals surface area (Å²) in [6, 6.07) is 0. The minimum atomic E-state index is -1.00. The van der Waals surface area contributed by atoms with Gasteiger partial charge >= 0.3 is 27.3 Å². The predicted octanol–water partition coefficient (Wildman–Crippen LogP) is 2.41. The van der Waals surface area contributed by atoms with Gasteiger partial charge in [-0.15, -0.1) is 0 Å². The van der Waals surface area contributed by atoms with Gasteiger partial charge in [0.25, 0.3) is 0 Å². The first-order valence-corrected chi connectivity index (χ1v) is 10.6. The summed E-state index contributed by atoms with van der Waals surface area (Å²) in [4.78, 5) is 21.4. The van der Waals surface area contributed by atoms with Crippen molar-refractivity contribution in [2.24, 2.45) is 0 Å². The summed E-state index contributed by atoms with van der Waals surface area (Å²) in [5.74, 6) is -2.00. The van der Waals surface area contributed by atoms with Crippen molar-refractivity contribution in [1.82, 2.24) is 0 Å². The van der Waals surface area contributed by atoms with E-state index in [2.05, 4.69) is 63.7 Å². The smallest absolute Gasteiger partial charge is 0.549 e.